The predicted molar refractivity (Wildman–Crippen MR) is 112 cm³/mol. The highest BCUT2D eigenvalue weighted by molar-refractivity contribution is 6.53. The zero-order valence-electron chi connectivity index (χ0n) is 16.7. The van der Waals surface area contributed by atoms with Crippen LogP contribution >= 0.6 is 23.2 Å². The van der Waals surface area contributed by atoms with Crippen LogP contribution in [0.3, 0.4) is 0 Å². The summed E-state index contributed by atoms with van der Waals surface area (Å²) in [4.78, 5) is 10.2. The van der Waals surface area contributed by atoms with E-state index in [0.29, 0.717) is 6.42 Å². The molecule has 0 bridgehead atoms. The Morgan fingerprint density at radius 1 is 0.852 bits per heavy atom. The molecule has 0 saturated heterocycles. The summed E-state index contributed by atoms with van der Waals surface area (Å²) in [5.41, 5.74) is 0. The number of nitrogens with one attached hydrogen (secondary N) is 1. The van der Waals surface area contributed by atoms with Gasteiger partial charge in [-0.05, 0) is 6.42 Å². The van der Waals surface area contributed by atoms with Crippen LogP contribution in [0.1, 0.15) is 90.4 Å². The molecule has 0 aliphatic rings. The molecule has 0 saturated carbocycles. The Hall–Kier alpha value is -0.0700. The van der Waals surface area contributed by atoms with Crippen LogP contribution < -0.4 is 5.32 Å². The Morgan fingerprint density at radius 3 is 1.70 bits per heavy atom. The van der Waals surface area contributed by atoms with E-state index < -0.39 is 35.6 Å². The van der Waals surface area contributed by atoms with Crippen LogP contribution in [-0.4, -0.2) is 50.9 Å². The maximum atomic E-state index is 11.4. The van der Waals surface area contributed by atoms with E-state index in [4.69, 9.17) is 23.2 Å². The van der Waals surface area contributed by atoms with Crippen LogP contribution in [0.25, 0.3) is 0 Å². The minimum absolute atomic E-state index is 0.427. The molecule has 0 aliphatic carbocycles. The van der Waals surface area contributed by atoms with E-state index >= 15 is 0 Å². The van der Waals surface area contributed by atoms with Gasteiger partial charge in [-0.1, -0.05) is 107 Å². The molecule has 5 nitrogen and oxygen atoms in total. The Balaban J connectivity index is 3.68. The number of aliphatic hydroxyl groups is 3. The monoisotopic (exact) mass is 427 g/mol. The number of alkyl halides is 2. The van der Waals surface area contributed by atoms with Gasteiger partial charge >= 0.3 is 0 Å². The van der Waals surface area contributed by atoms with Crippen molar-refractivity contribution in [1.82, 2.24) is 5.32 Å². The van der Waals surface area contributed by atoms with Gasteiger partial charge in [0.1, 0.15) is 6.10 Å². The van der Waals surface area contributed by atoms with Crippen molar-refractivity contribution >= 4 is 29.1 Å². The molecule has 0 heterocycles. The number of carbonyl (C=O) groups excluding carboxylic acids is 1. The van der Waals surface area contributed by atoms with E-state index in [1.54, 1.807) is 0 Å². The number of unbranched alkanes of at least 4 members (excludes halogenated alkanes) is 11. The first-order valence-electron chi connectivity index (χ1n) is 10.5. The number of hydrogen-bond acceptors (Lipinski definition) is 4. The Bertz CT molecular complexity index is 359. The van der Waals surface area contributed by atoms with Crippen molar-refractivity contribution in [2.45, 2.75) is 113 Å². The highest BCUT2D eigenvalue weighted by Crippen LogP contribution is 2.14. The van der Waals surface area contributed by atoms with Crippen LogP contribution in [0.5, 0.6) is 0 Å². The maximum absolute atomic E-state index is 11.4. The van der Waals surface area contributed by atoms with Gasteiger partial charge in [-0.2, -0.15) is 0 Å². The second-order valence-electron chi connectivity index (χ2n) is 7.33. The molecule has 3 atom stereocenters. The molecule has 0 rings (SSSR count). The summed E-state index contributed by atoms with van der Waals surface area (Å²) in [5, 5.41) is 31.7. The van der Waals surface area contributed by atoms with Gasteiger partial charge in [0.05, 0.1) is 18.8 Å². The molecular weight excluding hydrogens is 389 g/mol. The number of carbonyl (C=O) groups is 1. The average Bonchev–Trinajstić information content (AvgIpc) is 2.65. The fraction of sp³-hybridized carbons (Fsp3) is 0.950. The molecule has 0 aliphatic heterocycles. The van der Waals surface area contributed by atoms with Crippen LogP contribution in [-0.2, 0) is 4.79 Å². The molecule has 1 amide bonds. The summed E-state index contributed by atoms with van der Waals surface area (Å²) in [7, 11) is 0. The average molecular weight is 428 g/mol. The third-order valence-corrected chi connectivity index (χ3v) is 5.28. The quantitative estimate of drug-likeness (QED) is 0.196. The van der Waals surface area contributed by atoms with Gasteiger partial charge in [0.25, 0.3) is 5.91 Å². The molecule has 0 fully saturated rings. The summed E-state index contributed by atoms with van der Waals surface area (Å²) in [5.74, 6) is -0.700. The fourth-order valence-corrected chi connectivity index (χ4v) is 3.24. The first-order valence-corrected chi connectivity index (χ1v) is 11.4. The highest BCUT2D eigenvalue weighted by atomic mass is 35.5. The Morgan fingerprint density at radius 2 is 1.30 bits per heavy atom. The third-order valence-electron chi connectivity index (χ3n) is 4.88. The normalized spacial score (nSPS) is 14.9. The molecule has 0 aromatic carbocycles. The lowest BCUT2D eigenvalue weighted by Gasteiger charge is -2.26. The summed E-state index contributed by atoms with van der Waals surface area (Å²) >= 11 is 10.9. The molecule has 0 spiro atoms. The lowest BCUT2D eigenvalue weighted by atomic mass is 9.99. The molecule has 0 aromatic heterocycles. The van der Waals surface area contributed by atoms with Crippen molar-refractivity contribution in [2.24, 2.45) is 0 Å². The lowest BCUT2D eigenvalue weighted by molar-refractivity contribution is -0.122. The number of amides is 1. The van der Waals surface area contributed by atoms with E-state index in [1.165, 1.54) is 57.8 Å². The molecule has 0 radical (unpaired) electrons. The minimum atomic E-state index is -1.28. The highest BCUT2D eigenvalue weighted by Gasteiger charge is 2.28. The topological polar surface area (TPSA) is 89.8 Å². The number of rotatable bonds is 18. The lowest BCUT2D eigenvalue weighted by Crippen LogP contribution is -2.51. The first kappa shape index (κ1) is 26.9. The van der Waals surface area contributed by atoms with Gasteiger partial charge in [0, 0.05) is 0 Å². The van der Waals surface area contributed by atoms with Crippen molar-refractivity contribution in [3.8, 4) is 0 Å². The summed E-state index contributed by atoms with van der Waals surface area (Å²) in [6.07, 6.45) is 12.9. The van der Waals surface area contributed by atoms with E-state index in [9.17, 15) is 20.1 Å². The van der Waals surface area contributed by atoms with E-state index in [-0.39, 0.29) is 0 Å². The standard InChI is InChI=1S/C20H39Cl2NO4/c1-2-3-4-5-6-7-8-9-10-11-12-13-14-17(25)18(26)16(15-24)23-20(27)19(21)22/h16-19,24-26H,2-15H2,1H3,(H,23,27)/t16-,17+,18-/m0/s1. The molecule has 162 valence electrons. The largest absolute Gasteiger partial charge is 0.394 e. The van der Waals surface area contributed by atoms with Gasteiger partial charge in [-0.25, -0.2) is 0 Å². The van der Waals surface area contributed by atoms with Gasteiger partial charge in [0.15, 0.2) is 4.84 Å². The Labute approximate surface area is 174 Å². The molecule has 4 N–H and O–H groups in total. The number of hydrogen-bond donors (Lipinski definition) is 4. The number of aliphatic hydroxyl groups excluding tert-OH is 3. The summed E-state index contributed by atoms with van der Waals surface area (Å²) in [6.45, 7) is 1.74. The Kier molecular flexibility index (Phi) is 17.9. The summed E-state index contributed by atoms with van der Waals surface area (Å²) in [6, 6.07) is -0.982. The maximum Gasteiger partial charge on any atom is 0.253 e. The van der Waals surface area contributed by atoms with E-state index in [1.807, 2.05) is 0 Å². The molecule has 7 heteroatoms. The van der Waals surface area contributed by atoms with E-state index in [2.05, 4.69) is 12.2 Å². The van der Waals surface area contributed by atoms with Crippen LogP contribution in [0.4, 0.5) is 0 Å². The smallest absolute Gasteiger partial charge is 0.253 e. The third kappa shape index (κ3) is 14.6. The van der Waals surface area contributed by atoms with Crippen molar-refractivity contribution in [1.29, 1.82) is 0 Å². The first-order chi connectivity index (χ1) is 12.9. The van der Waals surface area contributed by atoms with Gasteiger partial charge in [-0.3, -0.25) is 4.79 Å². The molecule has 27 heavy (non-hydrogen) atoms. The fourth-order valence-electron chi connectivity index (χ4n) is 3.12. The molecule has 0 unspecified atom stereocenters. The minimum Gasteiger partial charge on any atom is -0.394 e. The van der Waals surface area contributed by atoms with Crippen LogP contribution in [0, 0.1) is 0 Å². The van der Waals surface area contributed by atoms with Crippen LogP contribution in [0.15, 0.2) is 0 Å². The zero-order chi connectivity index (χ0) is 20.5. The molecular formula is C20H39Cl2NO4. The van der Waals surface area contributed by atoms with Gasteiger partial charge < -0.3 is 20.6 Å². The van der Waals surface area contributed by atoms with Gasteiger partial charge in [-0.15, -0.1) is 0 Å². The predicted octanol–water partition coefficient (Wildman–Crippen LogP) is 4.08. The van der Waals surface area contributed by atoms with Crippen molar-refractivity contribution in [3.63, 3.8) is 0 Å². The van der Waals surface area contributed by atoms with Crippen LogP contribution in [0.2, 0.25) is 0 Å². The van der Waals surface area contributed by atoms with Crippen molar-refractivity contribution in [3.05, 3.63) is 0 Å². The van der Waals surface area contributed by atoms with Crippen molar-refractivity contribution < 1.29 is 20.1 Å². The van der Waals surface area contributed by atoms with Gasteiger partial charge in [0.2, 0.25) is 0 Å². The zero-order valence-corrected chi connectivity index (χ0v) is 18.2. The van der Waals surface area contributed by atoms with E-state index in [0.717, 1.165) is 19.3 Å². The second kappa shape index (κ2) is 18.0. The van der Waals surface area contributed by atoms with Crippen molar-refractivity contribution in [2.75, 3.05) is 6.61 Å². The second-order valence-corrected chi connectivity index (χ2v) is 8.43. The molecule has 0 aromatic rings. The number of halogens is 2. The SMILES string of the molecule is CCCCCCCCCCCCCC[C@@H](O)[C@@H](O)[C@H](CO)NC(=O)C(Cl)Cl. The summed E-state index contributed by atoms with van der Waals surface area (Å²) < 4.78 is 0.